The van der Waals surface area contributed by atoms with Gasteiger partial charge in [0.25, 0.3) is 0 Å². The van der Waals surface area contributed by atoms with Crippen LogP contribution in [0.5, 0.6) is 17.2 Å². The van der Waals surface area contributed by atoms with Crippen LogP contribution in [0.25, 0.3) is 17.1 Å². The molecule has 0 saturated heterocycles. The van der Waals surface area contributed by atoms with Crippen LogP contribution < -0.4 is 14.2 Å². The second-order valence-electron chi connectivity index (χ2n) is 8.23. The Bertz CT molecular complexity index is 1410. The Morgan fingerprint density at radius 1 is 1.06 bits per heavy atom. The van der Waals surface area contributed by atoms with E-state index in [4.69, 9.17) is 14.2 Å². The molecule has 0 amide bonds. The largest absolute Gasteiger partial charge is 0.496 e. The first-order chi connectivity index (χ1) is 17.0. The normalized spacial score (nSPS) is 12.6. The van der Waals surface area contributed by atoms with Crippen LogP contribution >= 0.6 is 11.8 Å². The quantitative estimate of drug-likeness (QED) is 0.276. The van der Waals surface area contributed by atoms with Gasteiger partial charge in [-0.15, -0.1) is 10.2 Å². The summed E-state index contributed by atoms with van der Waals surface area (Å²) in [6.07, 6.45) is 0. The van der Waals surface area contributed by atoms with E-state index in [-0.39, 0.29) is 11.5 Å². The topological polar surface area (TPSA) is 80.4 Å². The number of fused-ring (bicyclic) bond motifs is 1. The van der Waals surface area contributed by atoms with Crippen molar-refractivity contribution < 1.29 is 19.0 Å². The summed E-state index contributed by atoms with van der Waals surface area (Å²) in [5, 5.41) is 9.30. The summed E-state index contributed by atoms with van der Waals surface area (Å²) >= 11 is 1.37. The average molecular weight is 491 g/mol. The van der Waals surface area contributed by atoms with Gasteiger partial charge in [-0.25, -0.2) is 0 Å². The highest BCUT2D eigenvalue weighted by Gasteiger charge is 2.21. The van der Waals surface area contributed by atoms with Gasteiger partial charge in [0.05, 0.1) is 18.4 Å². The molecule has 0 atom stereocenters. The standard InChI is InChI=1S/C26H26N4O4S/c1-16-13-20(17(2)30(16)18-9-10-23-24(14-18)34-12-11-33-23)21(31)15-35-26-28-27-25(29(26)3)19-7-5-6-8-22(19)32-4/h5-10,13-14H,11-12,15H2,1-4H3. The third-order valence-electron chi connectivity index (χ3n) is 6.03. The Morgan fingerprint density at radius 2 is 1.83 bits per heavy atom. The van der Waals surface area contributed by atoms with Crippen molar-refractivity contribution in [2.45, 2.75) is 19.0 Å². The maximum atomic E-state index is 13.2. The number of hydrogen-bond acceptors (Lipinski definition) is 7. The number of Topliss-reactive ketones (excluding diaryl/α,β-unsaturated/α-hetero) is 1. The molecule has 4 aromatic rings. The van der Waals surface area contributed by atoms with Crippen LogP contribution in [0.15, 0.2) is 53.7 Å². The minimum absolute atomic E-state index is 0.0359. The molecular weight excluding hydrogens is 464 g/mol. The van der Waals surface area contributed by atoms with Crippen molar-refractivity contribution in [3.63, 3.8) is 0 Å². The molecule has 5 rings (SSSR count). The summed E-state index contributed by atoms with van der Waals surface area (Å²) in [4.78, 5) is 13.2. The SMILES string of the molecule is COc1ccccc1-c1nnc(SCC(=O)c2cc(C)n(-c3ccc4c(c3)OCCO4)c2C)n1C. The monoisotopic (exact) mass is 490 g/mol. The van der Waals surface area contributed by atoms with Crippen molar-refractivity contribution in [3.8, 4) is 34.3 Å². The minimum atomic E-state index is 0.0359. The fourth-order valence-electron chi connectivity index (χ4n) is 4.33. The Morgan fingerprint density at radius 3 is 2.63 bits per heavy atom. The zero-order chi connectivity index (χ0) is 24.5. The van der Waals surface area contributed by atoms with E-state index in [1.165, 1.54) is 11.8 Å². The van der Waals surface area contributed by atoms with Gasteiger partial charge in [-0.05, 0) is 44.2 Å². The van der Waals surface area contributed by atoms with Crippen LogP contribution in [0, 0.1) is 13.8 Å². The fraction of sp³-hybridized carbons (Fsp3) is 0.269. The molecule has 35 heavy (non-hydrogen) atoms. The molecular formula is C26H26N4O4S. The smallest absolute Gasteiger partial charge is 0.191 e. The van der Waals surface area contributed by atoms with Gasteiger partial charge >= 0.3 is 0 Å². The number of rotatable bonds is 7. The lowest BCUT2D eigenvalue weighted by Gasteiger charge is -2.20. The van der Waals surface area contributed by atoms with E-state index >= 15 is 0 Å². The number of carbonyl (C=O) groups is 1. The van der Waals surface area contributed by atoms with Gasteiger partial charge in [0.15, 0.2) is 28.3 Å². The number of benzene rings is 2. The highest BCUT2D eigenvalue weighted by molar-refractivity contribution is 7.99. The molecule has 8 nitrogen and oxygen atoms in total. The van der Waals surface area contributed by atoms with E-state index in [1.54, 1.807) is 7.11 Å². The van der Waals surface area contributed by atoms with Crippen molar-refractivity contribution in [1.29, 1.82) is 0 Å². The zero-order valence-corrected chi connectivity index (χ0v) is 20.9. The summed E-state index contributed by atoms with van der Waals surface area (Å²) < 4.78 is 20.8. The van der Waals surface area contributed by atoms with Gasteiger partial charge in [0.2, 0.25) is 0 Å². The van der Waals surface area contributed by atoms with E-state index in [9.17, 15) is 4.79 Å². The molecule has 0 spiro atoms. The second kappa shape index (κ2) is 9.50. The number of carbonyl (C=O) groups excluding carboxylic acids is 1. The third-order valence-corrected chi connectivity index (χ3v) is 7.05. The van der Waals surface area contributed by atoms with Crippen LogP contribution in [0.4, 0.5) is 0 Å². The van der Waals surface area contributed by atoms with Gasteiger partial charge < -0.3 is 23.3 Å². The van der Waals surface area contributed by atoms with E-state index < -0.39 is 0 Å². The van der Waals surface area contributed by atoms with Crippen LogP contribution in [0.1, 0.15) is 21.7 Å². The first-order valence-electron chi connectivity index (χ1n) is 11.3. The molecule has 2 aromatic carbocycles. The number of aromatic nitrogens is 4. The van der Waals surface area contributed by atoms with E-state index in [0.29, 0.717) is 29.8 Å². The summed E-state index contributed by atoms with van der Waals surface area (Å²) in [7, 11) is 3.52. The molecule has 0 unspecified atom stereocenters. The zero-order valence-electron chi connectivity index (χ0n) is 20.1. The average Bonchev–Trinajstić information content (AvgIpc) is 3.40. The van der Waals surface area contributed by atoms with E-state index in [1.807, 2.05) is 74.0 Å². The number of aryl methyl sites for hydroxylation is 1. The third kappa shape index (κ3) is 4.27. The van der Waals surface area contributed by atoms with Crippen LogP contribution in [-0.2, 0) is 7.05 Å². The molecule has 0 saturated carbocycles. The van der Waals surface area contributed by atoms with E-state index in [0.717, 1.165) is 39.9 Å². The fourth-order valence-corrected chi connectivity index (χ4v) is 5.12. The van der Waals surface area contributed by atoms with Crippen LogP contribution in [0.3, 0.4) is 0 Å². The second-order valence-corrected chi connectivity index (χ2v) is 9.17. The molecule has 3 heterocycles. The molecule has 0 bridgehead atoms. The van der Waals surface area contributed by atoms with Crippen LogP contribution in [0.2, 0.25) is 0 Å². The predicted molar refractivity (Wildman–Crippen MR) is 134 cm³/mol. The minimum Gasteiger partial charge on any atom is -0.496 e. The first kappa shape index (κ1) is 23.0. The van der Waals surface area contributed by atoms with Crippen molar-refractivity contribution in [1.82, 2.24) is 19.3 Å². The Kier molecular flexibility index (Phi) is 6.25. The molecule has 9 heteroatoms. The van der Waals surface area contributed by atoms with Crippen molar-refractivity contribution >= 4 is 17.5 Å². The molecule has 0 radical (unpaired) electrons. The molecule has 2 aromatic heterocycles. The maximum Gasteiger partial charge on any atom is 0.191 e. The van der Waals surface area contributed by atoms with Gasteiger partial charge in [-0.2, -0.15) is 0 Å². The summed E-state index contributed by atoms with van der Waals surface area (Å²) in [6, 6.07) is 15.5. The van der Waals surface area contributed by atoms with Gasteiger partial charge in [0.1, 0.15) is 19.0 Å². The Hall–Kier alpha value is -3.72. The highest BCUT2D eigenvalue weighted by Crippen LogP contribution is 2.34. The number of ketones is 1. The van der Waals surface area contributed by atoms with Crippen LogP contribution in [-0.4, -0.2) is 51.2 Å². The number of hydrogen-bond donors (Lipinski definition) is 0. The number of nitrogens with zero attached hydrogens (tertiary/aromatic N) is 4. The van der Waals surface area contributed by atoms with Gasteiger partial charge in [0, 0.05) is 35.8 Å². The summed E-state index contributed by atoms with van der Waals surface area (Å²) in [5.41, 5.74) is 4.34. The lowest BCUT2D eigenvalue weighted by atomic mass is 10.2. The Labute approximate surface area is 207 Å². The van der Waals surface area contributed by atoms with Gasteiger partial charge in [-0.3, -0.25) is 4.79 Å². The number of ether oxygens (including phenoxy) is 3. The molecule has 1 aliphatic rings. The lowest BCUT2D eigenvalue weighted by molar-refractivity contribution is 0.102. The molecule has 0 aliphatic carbocycles. The number of para-hydroxylation sites is 1. The summed E-state index contributed by atoms with van der Waals surface area (Å²) in [6.45, 7) is 5.04. The molecule has 0 fully saturated rings. The van der Waals surface area contributed by atoms with Crippen molar-refractivity contribution in [3.05, 3.63) is 65.5 Å². The predicted octanol–water partition coefficient (Wildman–Crippen LogP) is 4.64. The summed E-state index contributed by atoms with van der Waals surface area (Å²) in [5.74, 6) is 3.16. The first-order valence-corrected chi connectivity index (χ1v) is 12.2. The van der Waals surface area contributed by atoms with Crippen molar-refractivity contribution in [2.24, 2.45) is 7.05 Å². The number of methoxy groups -OCH3 is 1. The molecule has 0 N–H and O–H groups in total. The molecule has 180 valence electrons. The van der Waals surface area contributed by atoms with Gasteiger partial charge in [-0.1, -0.05) is 23.9 Å². The lowest BCUT2D eigenvalue weighted by Crippen LogP contribution is -2.15. The highest BCUT2D eigenvalue weighted by atomic mass is 32.2. The maximum absolute atomic E-state index is 13.2. The molecule has 1 aliphatic heterocycles. The van der Waals surface area contributed by atoms with E-state index in [2.05, 4.69) is 14.8 Å². The number of thioether (sulfide) groups is 1. The van der Waals surface area contributed by atoms with Crippen molar-refractivity contribution in [2.75, 3.05) is 26.1 Å². The Balaban J connectivity index is 1.35.